The summed E-state index contributed by atoms with van der Waals surface area (Å²) in [6.07, 6.45) is 0.905. The molecule has 1 aromatic heterocycles. The van der Waals surface area contributed by atoms with Crippen molar-refractivity contribution in [3.05, 3.63) is 23.0 Å². The van der Waals surface area contributed by atoms with Crippen LogP contribution < -0.4 is 4.74 Å². The van der Waals surface area contributed by atoms with Crippen molar-refractivity contribution < 1.29 is 14.2 Å². The number of hydrogen-bond donors (Lipinski definition) is 1. The van der Waals surface area contributed by atoms with Gasteiger partial charge in [-0.15, -0.1) is 0 Å². The van der Waals surface area contributed by atoms with Crippen LogP contribution in [0.3, 0.4) is 0 Å². The van der Waals surface area contributed by atoms with E-state index in [1.807, 2.05) is 18.2 Å². The van der Waals surface area contributed by atoms with Crippen LogP contribution in [-0.2, 0) is 16.0 Å². The molecular weight excluding hydrogens is 276 g/mol. The molecule has 1 aromatic carbocycles. The molecule has 2 rings (SSSR count). The Morgan fingerprint density at radius 1 is 1.20 bits per heavy atom. The van der Waals surface area contributed by atoms with Gasteiger partial charge in [-0.3, -0.25) is 0 Å². The number of nitrogens with zero attached hydrogens (tertiary/aromatic N) is 1. The monoisotopic (exact) mass is 296 g/mol. The Labute approximate surface area is 123 Å². The maximum atomic E-state index is 5.46. The number of H-pyrrole nitrogens is 1. The van der Waals surface area contributed by atoms with E-state index in [-0.39, 0.29) is 0 Å². The van der Waals surface area contributed by atoms with Crippen LogP contribution in [-0.4, -0.2) is 43.6 Å². The third kappa shape index (κ3) is 3.59. The van der Waals surface area contributed by atoms with E-state index in [1.165, 1.54) is 0 Å². The molecule has 0 saturated heterocycles. The third-order valence-corrected chi connectivity index (χ3v) is 3.41. The average molecular weight is 296 g/mol. The summed E-state index contributed by atoms with van der Waals surface area (Å²) in [6.45, 7) is 2.77. The van der Waals surface area contributed by atoms with Crippen LogP contribution in [0.15, 0.2) is 18.2 Å². The number of rotatable bonds is 8. The van der Waals surface area contributed by atoms with Crippen LogP contribution in [0, 0.1) is 4.77 Å². The van der Waals surface area contributed by atoms with Gasteiger partial charge in [-0.1, -0.05) is 0 Å². The van der Waals surface area contributed by atoms with Crippen LogP contribution in [0.2, 0.25) is 0 Å². The lowest BCUT2D eigenvalue weighted by Gasteiger charge is -2.06. The summed E-state index contributed by atoms with van der Waals surface area (Å²) >= 11 is 5.36. The number of hydrogen-bond acceptors (Lipinski definition) is 4. The van der Waals surface area contributed by atoms with Gasteiger partial charge in [0.1, 0.15) is 5.75 Å². The molecule has 5 nitrogen and oxygen atoms in total. The lowest BCUT2D eigenvalue weighted by Crippen LogP contribution is -2.06. The van der Waals surface area contributed by atoms with Crippen molar-refractivity contribution in [2.45, 2.75) is 13.0 Å². The fourth-order valence-electron chi connectivity index (χ4n) is 2.05. The number of aromatic nitrogens is 2. The second-order valence-electron chi connectivity index (χ2n) is 4.42. The lowest BCUT2D eigenvalue weighted by atomic mass is 10.3. The highest BCUT2D eigenvalue weighted by Crippen LogP contribution is 2.20. The van der Waals surface area contributed by atoms with Crippen molar-refractivity contribution in [3.8, 4) is 5.75 Å². The summed E-state index contributed by atoms with van der Waals surface area (Å²) < 4.78 is 18.5. The maximum Gasteiger partial charge on any atom is 0.178 e. The van der Waals surface area contributed by atoms with Gasteiger partial charge in [0.15, 0.2) is 4.77 Å². The Bertz CT molecular complexity index is 606. The van der Waals surface area contributed by atoms with E-state index in [9.17, 15) is 0 Å². The number of aromatic amines is 1. The van der Waals surface area contributed by atoms with Crippen molar-refractivity contribution in [3.63, 3.8) is 0 Å². The first-order valence-electron chi connectivity index (χ1n) is 6.59. The molecule has 0 aliphatic rings. The van der Waals surface area contributed by atoms with E-state index in [0.717, 1.165) is 34.5 Å². The van der Waals surface area contributed by atoms with Gasteiger partial charge < -0.3 is 23.8 Å². The molecule has 1 heterocycles. The van der Waals surface area contributed by atoms with Crippen molar-refractivity contribution in [1.82, 2.24) is 9.55 Å². The highest BCUT2D eigenvalue weighted by molar-refractivity contribution is 7.71. The highest BCUT2D eigenvalue weighted by atomic mass is 32.1. The standard InChI is InChI=1S/C14H20N2O3S/c1-17-8-9-19-7-3-6-16-13-10-11(18-2)4-5-12(13)15-14(16)20/h4-5,10H,3,6-9H2,1-2H3,(H,15,20). The Hall–Kier alpha value is -1.37. The van der Waals surface area contributed by atoms with Gasteiger partial charge in [0.25, 0.3) is 0 Å². The number of methoxy groups -OCH3 is 2. The zero-order valence-corrected chi connectivity index (χ0v) is 12.7. The van der Waals surface area contributed by atoms with Crippen molar-refractivity contribution in [2.75, 3.05) is 34.0 Å². The Morgan fingerprint density at radius 2 is 2.05 bits per heavy atom. The second kappa shape index (κ2) is 7.42. The molecule has 0 aliphatic carbocycles. The van der Waals surface area contributed by atoms with Gasteiger partial charge in [-0.2, -0.15) is 0 Å². The SMILES string of the molecule is COCCOCCCn1c(=S)[nH]c2ccc(OC)cc21. The molecule has 0 saturated carbocycles. The van der Waals surface area contributed by atoms with Crippen molar-refractivity contribution >= 4 is 23.3 Å². The molecular formula is C14H20N2O3S. The predicted molar refractivity (Wildman–Crippen MR) is 81.0 cm³/mol. The first kappa shape index (κ1) is 15.0. The van der Waals surface area contributed by atoms with Crippen LogP contribution >= 0.6 is 12.2 Å². The smallest absolute Gasteiger partial charge is 0.178 e. The topological polar surface area (TPSA) is 48.4 Å². The minimum absolute atomic E-state index is 0.629. The molecule has 0 unspecified atom stereocenters. The van der Waals surface area contributed by atoms with E-state index in [4.69, 9.17) is 26.4 Å². The molecule has 20 heavy (non-hydrogen) atoms. The quantitative estimate of drug-likeness (QED) is 0.601. The summed E-state index contributed by atoms with van der Waals surface area (Å²) in [7, 11) is 3.33. The molecule has 0 spiro atoms. The number of benzene rings is 1. The van der Waals surface area contributed by atoms with Gasteiger partial charge in [0, 0.05) is 26.3 Å². The number of ether oxygens (including phenoxy) is 3. The molecule has 6 heteroatoms. The van der Waals surface area contributed by atoms with Crippen LogP contribution in [0.5, 0.6) is 5.75 Å². The molecule has 0 radical (unpaired) electrons. The van der Waals surface area contributed by atoms with Gasteiger partial charge in [0.2, 0.25) is 0 Å². The first-order valence-corrected chi connectivity index (χ1v) is 7.00. The predicted octanol–water partition coefficient (Wildman–Crippen LogP) is 2.76. The lowest BCUT2D eigenvalue weighted by molar-refractivity contribution is 0.0681. The molecule has 1 N–H and O–H groups in total. The van der Waals surface area contributed by atoms with Crippen molar-refractivity contribution in [1.29, 1.82) is 0 Å². The molecule has 0 fully saturated rings. The molecule has 110 valence electrons. The van der Waals surface area contributed by atoms with Gasteiger partial charge in [0.05, 0.1) is 31.4 Å². The third-order valence-electron chi connectivity index (χ3n) is 3.08. The van der Waals surface area contributed by atoms with E-state index in [2.05, 4.69) is 9.55 Å². The van der Waals surface area contributed by atoms with E-state index < -0.39 is 0 Å². The number of aryl methyl sites for hydroxylation is 1. The molecule has 0 amide bonds. The van der Waals surface area contributed by atoms with Gasteiger partial charge in [-0.05, 0) is 30.8 Å². The largest absolute Gasteiger partial charge is 0.497 e. The van der Waals surface area contributed by atoms with Crippen molar-refractivity contribution in [2.24, 2.45) is 0 Å². The Balaban J connectivity index is 2.01. The summed E-state index contributed by atoms with van der Waals surface area (Å²) in [5, 5.41) is 0. The number of imidazole rings is 1. The minimum Gasteiger partial charge on any atom is -0.497 e. The van der Waals surface area contributed by atoms with Gasteiger partial charge >= 0.3 is 0 Å². The maximum absolute atomic E-state index is 5.46. The zero-order chi connectivity index (χ0) is 14.4. The molecule has 0 aliphatic heterocycles. The summed E-state index contributed by atoms with van der Waals surface area (Å²) in [5.41, 5.74) is 2.09. The second-order valence-corrected chi connectivity index (χ2v) is 4.81. The molecule has 0 bridgehead atoms. The molecule has 2 aromatic rings. The van der Waals surface area contributed by atoms with E-state index in [0.29, 0.717) is 19.8 Å². The number of nitrogens with one attached hydrogen (secondary N) is 1. The Morgan fingerprint density at radius 3 is 2.80 bits per heavy atom. The number of fused-ring (bicyclic) bond motifs is 1. The highest BCUT2D eigenvalue weighted by Gasteiger charge is 2.05. The van der Waals surface area contributed by atoms with Crippen LogP contribution in [0.4, 0.5) is 0 Å². The fourth-order valence-corrected chi connectivity index (χ4v) is 2.35. The first-order chi connectivity index (χ1) is 9.76. The summed E-state index contributed by atoms with van der Waals surface area (Å²) in [6, 6.07) is 5.90. The van der Waals surface area contributed by atoms with Crippen LogP contribution in [0.1, 0.15) is 6.42 Å². The summed E-state index contributed by atoms with van der Waals surface area (Å²) in [4.78, 5) is 3.20. The fraction of sp³-hybridized carbons (Fsp3) is 0.500. The average Bonchev–Trinajstić information content (AvgIpc) is 2.77. The van der Waals surface area contributed by atoms with Crippen LogP contribution in [0.25, 0.3) is 11.0 Å². The van der Waals surface area contributed by atoms with E-state index >= 15 is 0 Å². The van der Waals surface area contributed by atoms with E-state index in [1.54, 1.807) is 14.2 Å². The minimum atomic E-state index is 0.629. The van der Waals surface area contributed by atoms with Gasteiger partial charge in [-0.25, -0.2) is 0 Å². The summed E-state index contributed by atoms with van der Waals surface area (Å²) in [5.74, 6) is 0.830. The zero-order valence-electron chi connectivity index (χ0n) is 11.8. The Kier molecular flexibility index (Phi) is 5.58. The normalized spacial score (nSPS) is 11.1. The molecule has 0 atom stereocenters.